The van der Waals surface area contributed by atoms with Gasteiger partial charge in [-0.25, -0.2) is 4.99 Å². The van der Waals surface area contributed by atoms with Crippen LogP contribution in [0.3, 0.4) is 0 Å². The molecule has 0 heterocycles. The maximum atomic E-state index is 6.45. The molecule has 6 heteroatoms. The van der Waals surface area contributed by atoms with Crippen LogP contribution in [0.1, 0.15) is 12.8 Å². The average molecular weight is 303 g/mol. The number of fused-ring (bicyclic) bond motifs is 2. The maximum Gasteiger partial charge on any atom is 0.0880 e. The fraction of sp³-hybridized carbons (Fsp3) is 0.667. The van der Waals surface area contributed by atoms with Gasteiger partial charge in [-0.1, -0.05) is 23.2 Å². The topological polar surface area (TPSA) is 12.4 Å². The van der Waals surface area contributed by atoms with Crippen LogP contribution in [0.15, 0.2) is 15.1 Å². The molecule has 0 aromatic heterocycles. The van der Waals surface area contributed by atoms with Crippen LogP contribution in [-0.2, 0) is 0 Å². The van der Waals surface area contributed by atoms with Crippen LogP contribution in [0.25, 0.3) is 0 Å². The molecule has 0 aromatic rings. The van der Waals surface area contributed by atoms with Crippen LogP contribution in [0, 0.1) is 5.92 Å². The number of hydrogen-bond acceptors (Lipinski definition) is 2. The Hall–Kier alpha value is 0.700. The van der Waals surface area contributed by atoms with Crippen molar-refractivity contribution in [2.75, 3.05) is 6.54 Å². The molecule has 3 unspecified atom stereocenters. The second-order valence-electron chi connectivity index (χ2n) is 3.97. The van der Waals surface area contributed by atoms with Crippen LogP contribution >= 0.6 is 58.6 Å². The second kappa shape index (κ2) is 3.87. The standard InChI is InChI=1S/C9H7Cl4NS/c10-6-7(11)9(13)3-8(6,12)1-5(9)2-14-4-15/h5H,1-3H2. The van der Waals surface area contributed by atoms with Crippen LogP contribution in [0.2, 0.25) is 0 Å². The van der Waals surface area contributed by atoms with E-state index in [1.54, 1.807) is 0 Å². The molecule has 1 fully saturated rings. The highest BCUT2D eigenvalue weighted by molar-refractivity contribution is 7.78. The van der Waals surface area contributed by atoms with Crippen LogP contribution in [-0.4, -0.2) is 21.5 Å². The van der Waals surface area contributed by atoms with Gasteiger partial charge in [-0.2, -0.15) is 0 Å². The van der Waals surface area contributed by atoms with Crippen molar-refractivity contribution in [2.24, 2.45) is 10.9 Å². The first-order chi connectivity index (χ1) is 6.94. The Bertz CT molecular complexity index is 390. The van der Waals surface area contributed by atoms with Gasteiger partial charge in [0.15, 0.2) is 0 Å². The summed E-state index contributed by atoms with van der Waals surface area (Å²) in [6.07, 6.45) is 1.26. The number of aliphatic imine (C=N–C) groups is 1. The number of alkyl halides is 2. The molecule has 2 rings (SSSR count). The third-order valence-electron chi connectivity index (χ3n) is 3.08. The lowest BCUT2D eigenvalue weighted by molar-refractivity contribution is 0.481. The third-order valence-corrected chi connectivity index (χ3v) is 5.69. The van der Waals surface area contributed by atoms with Crippen molar-refractivity contribution in [2.45, 2.75) is 22.6 Å². The first-order valence-corrected chi connectivity index (χ1v) is 6.34. The number of nitrogens with zero attached hydrogens (tertiary/aromatic N) is 1. The van der Waals surface area contributed by atoms with E-state index in [0.29, 0.717) is 29.5 Å². The molecule has 82 valence electrons. The minimum atomic E-state index is -0.657. The zero-order valence-corrected chi connectivity index (χ0v) is 11.4. The SMILES string of the molecule is S=C=NCC1CC2(Cl)CC1(Cl)C(Cl)=C2Cl. The number of rotatable bonds is 2. The van der Waals surface area contributed by atoms with Gasteiger partial charge >= 0.3 is 0 Å². The van der Waals surface area contributed by atoms with Gasteiger partial charge in [0.2, 0.25) is 0 Å². The van der Waals surface area contributed by atoms with Gasteiger partial charge in [0.1, 0.15) is 0 Å². The van der Waals surface area contributed by atoms with E-state index in [1.807, 2.05) is 0 Å². The van der Waals surface area contributed by atoms with Crippen molar-refractivity contribution in [3.05, 3.63) is 10.1 Å². The van der Waals surface area contributed by atoms with Crippen molar-refractivity contribution < 1.29 is 0 Å². The minimum absolute atomic E-state index is 0.0853. The Morgan fingerprint density at radius 2 is 2.07 bits per heavy atom. The third kappa shape index (κ3) is 1.67. The molecular weight excluding hydrogens is 296 g/mol. The van der Waals surface area contributed by atoms with Crippen molar-refractivity contribution in [1.29, 1.82) is 0 Å². The van der Waals surface area contributed by atoms with E-state index in [1.165, 1.54) is 0 Å². The summed E-state index contributed by atoms with van der Waals surface area (Å²) in [5.74, 6) is 0.0853. The van der Waals surface area contributed by atoms with Crippen molar-refractivity contribution in [3.63, 3.8) is 0 Å². The summed E-state index contributed by atoms with van der Waals surface area (Å²) >= 11 is 29.5. The molecule has 0 aromatic carbocycles. The number of isothiocyanates is 1. The van der Waals surface area contributed by atoms with E-state index in [9.17, 15) is 0 Å². The van der Waals surface area contributed by atoms with Crippen molar-refractivity contribution >= 4 is 63.8 Å². The molecular formula is C9H7Cl4NS. The zero-order valence-electron chi connectivity index (χ0n) is 7.57. The number of halogens is 4. The summed E-state index contributed by atoms with van der Waals surface area (Å²) in [6, 6.07) is 0. The lowest BCUT2D eigenvalue weighted by Gasteiger charge is -2.28. The Morgan fingerprint density at radius 1 is 1.40 bits per heavy atom. The van der Waals surface area contributed by atoms with Gasteiger partial charge in [-0.15, -0.1) is 23.2 Å². The largest absolute Gasteiger partial charge is 0.232 e. The highest BCUT2D eigenvalue weighted by Crippen LogP contribution is 2.65. The molecule has 0 N–H and O–H groups in total. The lowest BCUT2D eigenvalue weighted by Crippen LogP contribution is -2.29. The molecule has 0 spiro atoms. The Morgan fingerprint density at radius 3 is 2.53 bits per heavy atom. The van der Waals surface area contributed by atoms with Crippen LogP contribution in [0.5, 0.6) is 0 Å². The van der Waals surface area contributed by atoms with Crippen LogP contribution < -0.4 is 0 Å². The summed E-state index contributed by atoms with van der Waals surface area (Å²) in [5, 5.41) is 3.28. The predicted octanol–water partition coefficient (Wildman–Crippen LogP) is 4.16. The first-order valence-electron chi connectivity index (χ1n) is 4.42. The van der Waals surface area contributed by atoms with E-state index >= 15 is 0 Å². The van der Waals surface area contributed by atoms with E-state index in [2.05, 4.69) is 22.4 Å². The summed E-state index contributed by atoms with van der Waals surface area (Å²) in [6.45, 7) is 0.502. The predicted molar refractivity (Wildman–Crippen MR) is 68.5 cm³/mol. The molecule has 0 aliphatic heterocycles. The maximum absolute atomic E-state index is 6.45. The van der Waals surface area contributed by atoms with E-state index in [0.717, 1.165) is 0 Å². The first kappa shape index (κ1) is 12.2. The molecule has 2 bridgehead atoms. The Labute approximate surface area is 113 Å². The lowest BCUT2D eigenvalue weighted by atomic mass is 9.92. The molecule has 2 aliphatic carbocycles. The Balaban J connectivity index is 2.34. The van der Waals surface area contributed by atoms with Crippen LogP contribution in [0.4, 0.5) is 0 Å². The van der Waals surface area contributed by atoms with Gasteiger partial charge in [0.25, 0.3) is 0 Å². The monoisotopic (exact) mass is 301 g/mol. The average Bonchev–Trinajstić information content (AvgIpc) is 2.54. The van der Waals surface area contributed by atoms with Gasteiger partial charge < -0.3 is 0 Å². The fourth-order valence-electron chi connectivity index (χ4n) is 2.34. The molecule has 15 heavy (non-hydrogen) atoms. The molecule has 1 nitrogen and oxygen atoms in total. The Kier molecular flexibility index (Phi) is 3.14. The van der Waals surface area contributed by atoms with Crippen molar-refractivity contribution in [3.8, 4) is 0 Å². The molecule has 0 amide bonds. The highest BCUT2D eigenvalue weighted by Gasteiger charge is 2.62. The highest BCUT2D eigenvalue weighted by atomic mass is 35.5. The number of allylic oxidation sites excluding steroid dienone is 2. The zero-order chi connectivity index (χ0) is 11.3. The van der Waals surface area contributed by atoms with E-state index in [-0.39, 0.29) is 5.92 Å². The molecule has 0 radical (unpaired) electrons. The van der Waals surface area contributed by atoms with Crippen molar-refractivity contribution in [1.82, 2.24) is 0 Å². The number of hydrogen-bond donors (Lipinski definition) is 0. The van der Waals surface area contributed by atoms with Gasteiger partial charge in [0, 0.05) is 5.92 Å². The van der Waals surface area contributed by atoms with Gasteiger partial charge in [-0.05, 0) is 25.1 Å². The molecule has 0 saturated heterocycles. The van der Waals surface area contributed by atoms with E-state index in [4.69, 9.17) is 46.4 Å². The normalized spacial score (nSPS) is 43.3. The summed E-state index contributed by atoms with van der Waals surface area (Å²) in [7, 11) is 0. The molecule has 2 aliphatic rings. The minimum Gasteiger partial charge on any atom is -0.232 e. The second-order valence-corrected chi connectivity index (χ2v) is 6.30. The summed E-state index contributed by atoms with van der Waals surface area (Å²) < 4.78 is 0. The molecule has 1 saturated carbocycles. The van der Waals surface area contributed by atoms with E-state index < -0.39 is 9.75 Å². The quantitative estimate of drug-likeness (QED) is 0.424. The van der Waals surface area contributed by atoms with Gasteiger partial charge in [0.05, 0.1) is 31.5 Å². The summed E-state index contributed by atoms with van der Waals surface area (Å²) in [5.41, 5.74) is 0. The van der Waals surface area contributed by atoms with Gasteiger partial charge in [-0.3, -0.25) is 0 Å². The number of thiocarbonyl (C=S) groups is 1. The fourth-order valence-corrected chi connectivity index (χ4v) is 4.25. The molecule has 3 atom stereocenters. The summed E-state index contributed by atoms with van der Waals surface area (Å²) in [4.78, 5) is 2.65. The smallest absolute Gasteiger partial charge is 0.0880 e.